The average Bonchev–Trinajstić information content (AvgIpc) is 3.26. The smallest absolute Gasteiger partial charge is 0.273 e. The summed E-state index contributed by atoms with van der Waals surface area (Å²) in [5, 5.41) is 14.6. The van der Waals surface area contributed by atoms with Gasteiger partial charge in [0.2, 0.25) is 0 Å². The second kappa shape index (κ2) is 7.26. The van der Waals surface area contributed by atoms with E-state index in [2.05, 4.69) is 20.8 Å². The first kappa shape index (κ1) is 17.9. The number of carbonyl (C=O) groups excluding carboxylic acids is 2. The van der Waals surface area contributed by atoms with Crippen molar-refractivity contribution < 1.29 is 14.1 Å². The zero-order valence-corrected chi connectivity index (χ0v) is 15.6. The minimum Gasteiger partial charge on any atom is -0.361 e. The van der Waals surface area contributed by atoms with Gasteiger partial charge in [0.1, 0.15) is 11.3 Å². The van der Waals surface area contributed by atoms with Gasteiger partial charge in [-0.25, -0.2) is 4.68 Å². The van der Waals surface area contributed by atoms with Gasteiger partial charge in [-0.1, -0.05) is 40.7 Å². The summed E-state index contributed by atoms with van der Waals surface area (Å²) in [5.41, 5.74) is 2.37. The number of benzene rings is 1. The molecule has 2 aromatic heterocycles. The van der Waals surface area contributed by atoms with Crippen LogP contribution in [0, 0.1) is 13.8 Å². The molecule has 9 nitrogen and oxygen atoms in total. The van der Waals surface area contributed by atoms with E-state index in [1.807, 2.05) is 30.3 Å². The van der Waals surface area contributed by atoms with Crippen LogP contribution in [0.5, 0.6) is 0 Å². The lowest BCUT2D eigenvalue weighted by Crippen LogP contribution is -2.51. The van der Waals surface area contributed by atoms with Gasteiger partial charge in [0.15, 0.2) is 5.69 Å². The van der Waals surface area contributed by atoms with E-state index in [1.54, 1.807) is 29.6 Å². The summed E-state index contributed by atoms with van der Waals surface area (Å²) >= 11 is 0. The van der Waals surface area contributed by atoms with Gasteiger partial charge in [-0.3, -0.25) is 9.59 Å². The number of aromatic nitrogens is 4. The largest absolute Gasteiger partial charge is 0.361 e. The van der Waals surface area contributed by atoms with E-state index in [0.717, 1.165) is 5.56 Å². The normalized spacial score (nSPS) is 14.0. The van der Waals surface area contributed by atoms with E-state index < -0.39 is 0 Å². The number of nitrogens with zero attached hydrogens (tertiary/aromatic N) is 5. The predicted molar refractivity (Wildman–Crippen MR) is 98.6 cm³/mol. The number of carbonyl (C=O) groups is 2. The summed E-state index contributed by atoms with van der Waals surface area (Å²) in [5.74, 6) is 0.135. The molecule has 0 aliphatic carbocycles. The Kier molecular flexibility index (Phi) is 4.64. The molecule has 4 rings (SSSR count). The quantitative estimate of drug-likeness (QED) is 0.719. The third kappa shape index (κ3) is 3.38. The molecular formula is C19H20N6O3. The van der Waals surface area contributed by atoms with Gasteiger partial charge in [0, 0.05) is 19.6 Å². The van der Waals surface area contributed by atoms with Gasteiger partial charge < -0.3 is 14.7 Å². The topological polar surface area (TPSA) is 106 Å². The van der Waals surface area contributed by atoms with Crippen molar-refractivity contribution >= 4 is 11.8 Å². The number of likely N-dealkylation sites (tertiary alicyclic amines) is 1. The third-order valence-electron chi connectivity index (χ3n) is 4.81. The highest BCUT2D eigenvalue weighted by atomic mass is 16.5. The molecule has 2 amide bonds. The maximum absolute atomic E-state index is 12.6. The number of aryl methyl sites for hydroxylation is 2. The zero-order chi connectivity index (χ0) is 19.7. The average molecular weight is 380 g/mol. The number of hydrogen-bond acceptors (Lipinski definition) is 6. The van der Waals surface area contributed by atoms with Gasteiger partial charge in [-0.05, 0) is 19.4 Å². The Labute approximate surface area is 161 Å². The molecular weight excluding hydrogens is 360 g/mol. The van der Waals surface area contributed by atoms with Crippen molar-refractivity contribution in [2.24, 2.45) is 0 Å². The second-order valence-corrected chi connectivity index (χ2v) is 6.82. The highest BCUT2D eigenvalue weighted by Crippen LogP contribution is 2.25. The maximum Gasteiger partial charge on any atom is 0.273 e. The van der Waals surface area contributed by atoms with Crippen LogP contribution in [0.2, 0.25) is 0 Å². The fourth-order valence-corrected chi connectivity index (χ4v) is 3.16. The summed E-state index contributed by atoms with van der Waals surface area (Å²) in [7, 11) is 0. The third-order valence-corrected chi connectivity index (χ3v) is 4.81. The first-order valence-corrected chi connectivity index (χ1v) is 8.99. The molecule has 1 N–H and O–H groups in total. The van der Waals surface area contributed by atoms with Gasteiger partial charge >= 0.3 is 0 Å². The molecule has 0 atom stereocenters. The number of amides is 2. The van der Waals surface area contributed by atoms with Crippen LogP contribution in [0.25, 0.3) is 0 Å². The van der Waals surface area contributed by atoms with Crippen molar-refractivity contribution in [2.45, 2.75) is 26.4 Å². The Morgan fingerprint density at radius 1 is 1.21 bits per heavy atom. The lowest BCUT2D eigenvalue weighted by molar-refractivity contribution is 0.0495. The molecule has 144 valence electrons. The molecule has 28 heavy (non-hydrogen) atoms. The molecule has 1 fully saturated rings. The molecule has 0 unspecified atom stereocenters. The van der Waals surface area contributed by atoms with Crippen LogP contribution in [-0.4, -0.2) is 50.0 Å². The molecule has 3 heterocycles. The first-order chi connectivity index (χ1) is 13.5. The van der Waals surface area contributed by atoms with E-state index >= 15 is 0 Å². The lowest BCUT2D eigenvalue weighted by atomic mass is 10.1. The summed E-state index contributed by atoms with van der Waals surface area (Å²) in [6.45, 7) is 4.89. The van der Waals surface area contributed by atoms with Crippen molar-refractivity contribution in [2.75, 3.05) is 13.1 Å². The van der Waals surface area contributed by atoms with Crippen molar-refractivity contribution in [3.05, 3.63) is 64.8 Å². The molecule has 0 radical (unpaired) electrons. The molecule has 0 saturated carbocycles. The van der Waals surface area contributed by atoms with Crippen LogP contribution >= 0.6 is 0 Å². The maximum atomic E-state index is 12.6. The van der Waals surface area contributed by atoms with E-state index in [1.165, 1.54) is 0 Å². The van der Waals surface area contributed by atoms with Crippen molar-refractivity contribution in [1.82, 2.24) is 30.4 Å². The fourth-order valence-electron chi connectivity index (χ4n) is 3.16. The monoisotopic (exact) mass is 380 g/mol. The van der Waals surface area contributed by atoms with Crippen molar-refractivity contribution in [3.63, 3.8) is 0 Å². The number of rotatable bonds is 5. The predicted octanol–water partition coefficient (Wildman–Crippen LogP) is 1.51. The second-order valence-electron chi connectivity index (χ2n) is 6.82. The Morgan fingerprint density at radius 2 is 1.96 bits per heavy atom. The van der Waals surface area contributed by atoms with E-state index in [4.69, 9.17) is 4.52 Å². The van der Waals surface area contributed by atoms with E-state index in [-0.39, 0.29) is 23.6 Å². The summed E-state index contributed by atoms with van der Waals surface area (Å²) in [6, 6.07) is 9.64. The SMILES string of the molecule is Cc1noc(C)c1C(=O)N1CC(n2cc(C(=O)NCc3ccccc3)nn2)C1. The minimum atomic E-state index is -0.280. The lowest BCUT2D eigenvalue weighted by Gasteiger charge is -2.38. The summed E-state index contributed by atoms with van der Waals surface area (Å²) in [4.78, 5) is 26.5. The Bertz CT molecular complexity index is 984. The van der Waals surface area contributed by atoms with Crippen LogP contribution in [0.15, 0.2) is 41.1 Å². The zero-order valence-electron chi connectivity index (χ0n) is 15.6. The molecule has 9 heteroatoms. The standard InChI is InChI=1S/C19H20N6O3/c1-12-17(13(2)28-22-12)19(27)24-9-15(10-24)25-11-16(21-23-25)18(26)20-8-14-6-4-3-5-7-14/h3-7,11,15H,8-10H2,1-2H3,(H,20,26). The highest BCUT2D eigenvalue weighted by Gasteiger charge is 2.35. The van der Waals surface area contributed by atoms with Gasteiger partial charge in [-0.15, -0.1) is 5.10 Å². The van der Waals surface area contributed by atoms with Crippen LogP contribution in [-0.2, 0) is 6.54 Å². The fraction of sp³-hybridized carbons (Fsp3) is 0.316. The highest BCUT2D eigenvalue weighted by molar-refractivity contribution is 5.96. The first-order valence-electron chi connectivity index (χ1n) is 8.99. The molecule has 1 aromatic carbocycles. The Balaban J connectivity index is 1.33. The van der Waals surface area contributed by atoms with E-state index in [0.29, 0.717) is 36.7 Å². The molecule has 3 aromatic rings. The van der Waals surface area contributed by atoms with Gasteiger partial charge in [0.25, 0.3) is 11.8 Å². The van der Waals surface area contributed by atoms with Crippen LogP contribution in [0.4, 0.5) is 0 Å². The molecule has 1 saturated heterocycles. The molecule has 0 bridgehead atoms. The number of nitrogens with one attached hydrogen (secondary N) is 1. The van der Waals surface area contributed by atoms with Crippen molar-refractivity contribution in [1.29, 1.82) is 0 Å². The number of hydrogen-bond donors (Lipinski definition) is 1. The van der Waals surface area contributed by atoms with E-state index in [9.17, 15) is 9.59 Å². The van der Waals surface area contributed by atoms with Crippen molar-refractivity contribution in [3.8, 4) is 0 Å². The Morgan fingerprint density at radius 3 is 2.64 bits per heavy atom. The minimum absolute atomic E-state index is 0.00686. The van der Waals surface area contributed by atoms with Crippen LogP contribution in [0.1, 0.15) is 43.9 Å². The summed E-state index contributed by atoms with van der Waals surface area (Å²) in [6.07, 6.45) is 1.61. The Hall–Kier alpha value is -3.49. The molecule has 1 aliphatic heterocycles. The van der Waals surface area contributed by atoms with Crippen LogP contribution in [0.3, 0.4) is 0 Å². The van der Waals surface area contributed by atoms with Gasteiger partial charge in [-0.2, -0.15) is 0 Å². The molecule has 0 spiro atoms. The summed E-state index contributed by atoms with van der Waals surface area (Å²) < 4.78 is 6.70. The van der Waals surface area contributed by atoms with Crippen LogP contribution < -0.4 is 5.32 Å². The molecule has 1 aliphatic rings. The van der Waals surface area contributed by atoms with Gasteiger partial charge in [0.05, 0.1) is 17.9 Å².